The van der Waals surface area contributed by atoms with Gasteiger partial charge in [0.1, 0.15) is 5.65 Å². The van der Waals surface area contributed by atoms with E-state index in [1.54, 1.807) is 0 Å². The molecule has 4 rings (SSSR count). The van der Waals surface area contributed by atoms with E-state index in [0.29, 0.717) is 5.92 Å². The van der Waals surface area contributed by atoms with Crippen molar-refractivity contribution in [2.75, 3.05) is 24.6 Å². The van der Waals surface area contributed by atoms with E-state index in [1.807, 2.05) is 0 Å². The quantitative estimate of drug-likeness (QED) is 0.554. The van der Waals surface area contributed by atoms with Crippen molar-refractivity contribution < 1.29 is 5.11 Å². The van der Waals surface area contributed by atoms with Gasteiger partial charge in [0.05, 0.1) is 5.69 Å². The highest BCUT2D eigenvalue weighted by molar-refractivity contribution is 9.10. The largest absolute Gasteiger partial charge is 0.396 e. The minimum absolute atomic E-state index is 0.279. The van der Waals surface area contributed by atoms with Crippen molar-refractivity contribution in [1.82, 2.24) is 9.55 Å². The number of aliphatic hydroxyl groups is 1. The fraction of sp³-hybridized carbons (Fsp3) is 0.458. The molecule has 1 atom stereocenters. The van der Waals surface area contributed by atoms with E-state index >= 15 is 0 Å². The van der Waals surface area contributed by atoms with Crippen LogP contribution in [-0.4, -0.2) is 34.4 Å². The van der Waals surface area contributed by atoms with Gasteiger partial charge in [-0.3, -0.25) is 0 Å². The van der Waals surface area contributed by atoms with Crippen LogP contribution in [0, 0.1) is 33.6 Å². The van der Waals surface area contributed by atoms with E-state index in [2.05, 4.69) is 77.5 Å². The van der Waals surface area contributed by atoms with Gasteiger partial charge < -0.3 is 14.6 Å². The number of rotatable bonds is 4. The predicted molar refractivity (Wildman–Crippen MR) is 124 cm³/mol. The summed E-state index contributed by atoms with van der Waals surface area (Å²) < 4.78 is 3.38. The first-order valence-corrected chi connectivity index (χ1v) is 11.3. The number of benzene rings is 1. The Morgan fingerprint density at radius 1 is 1.10 bits per heavy atom. The maximum atomic E-state index is 9.40. The zero-order valence-electron chi connectivity index (χ0n) is 17.8. The van der Waals surface area contributed by atoms with Crippen molar-refractivity contribution in [1.29, 1.82) is 0 Å². The van der Waals surface area contributed by atoms with E-state index in [0.717, 1.165) is 35.3 Å². The van der Waals surface area contributed by atoms with Crippen LogP contribution in [0.15, 0.2) is 28.9 Å². The van der Waals surface area contributed by atoms with Crippen LogP contribution in [0.4, 0.5) is 5.69 Å². The molecule has 1 aromatic carbocycles. The minimum Gasteiger partial charge on any atom is -0.396 e. The molecule has 0 radical (unpaired) electrons. The van der Waals surface area contributed by atoms with Crippen molar-refractivity contribution in [3.05, 3.63) is 51.3 Å². The molecule has 29 heavy (non-hydrogen) atoms. The molecule has 1 fully saturated rings. The molecule has 1 saturated heterocycles. The normalized spacial score (nSPS) is 17.3. The van der Waals surface area contributed by atoms with Crippen molar-refractivity contribution in [2.45, 2.75) is 47.0 Å². The molecule has 3 heterocycles. The number of aryl methyl sites for hydroxylation is 4. The summed E-state index contributed by atoms with van der Waals surface area (Å²) in [5, 5.41) is 10.7. The summed E-state index contributed by atoms with van der Waals surface area (Å²) in [6, 6.07) is 6.58. The van der Waals surface area contributed by atoms with Crippen LogP contribution in [0.5, 0.6) is 0 Å². The fourth-order valence-corrected chi connectivity index (χ4v) is 5.60. The monoisotopic (exact) mass is 455 g/mol. The smallest absolute Gasteiger partial charge is 0.147 e. The van der Waals surface area contributed by atoms with Gasteiger partial charge in [0, 0.05) is 47.1 Å². The molecule has 3 aromatic rings. The number of hydrogen-bond acceptors (Lipinski definition) is 3. The maximum Gasteiger partial charge on any atom is 0.147 e. The van der Waals surface area contributed by atoms with E-state index in [1.165, 1.54) is 46.3 Å². The number of anilines is 1. The molecule has 0 amide bonds. The number of hydrogen-bond donors (Lipinski definition) is 1. The van der Waals surface area contributed by atoms with Crippen LogP contribution >= 0.6 is 15.9 Å². The first kappa shape index (κ1) is 20.4. The Bertz CT molecular complexity index is 1030. The maximum absolute atomic E-state index is 9.40. The molecule has 0 aliphatic carbocycles. The van der Waals surface area contributed by atoms with Gasteiger partial charge in [-0.25, -0.2) is 4.98 Å². The first-order valence-electron chi connectivity index (χ1n) is 10.5. The lowest BCUT2D eigenvalue weighted by Crippen LogP contribution is -2.36. The van der Waals surface area contributed by atoms with Crippen LogP contribution in [0.2, 0.25) is 0 Å². The molecule has 154 valence electrons. The van der Waals surface area contributed by atoms with Crippen molar-refractivity contribution in [3.63, 3.8) is 0 Å². The van der Waals surface area contributed by atoms with Gasteiger partial charge in [-0.15, -0.1) is 0 Å². The Hall–Kier alpha value is -1.85. The summed E-state index contributed by atoms with van der Waals surface area (Å²) in [7, 11) is 0. The summed E-state index contributed by atoms with van der Waals surface area (Å²) >= 11 is 3.62. The van der Waals surface area contributed by atoms with Crippen LogP contribution in [0.3, 0.4) is 0 Å². The summed E-state index contributed by atoms with van der Waals surface area (Å²) in [5.41, 5.74) is 8.32. The summed E-state index contributed by atoms with van der Waals surface area (Å²) in [6.07, 6.45) is 5.51. The molecule has 2 aromatic heterocycles. The highest BCUT2D eigenvalue weighted by Gasteiger charge is 2.24. The topological polar surface area (TPSA) is 41.3 Å². The van der Waals surface area contributed by atoms with Crippen molar-refractivity contribution in [2.24, 2.45) is 5.92 Å². The molecule has 4 nitrogen and oxygen atoms in total. The van der Waals surface area contributed by atoms with Crippen molar-refractivity contribution >= 4 is 32.7 Å². The average molecular weight is 456 g/mol. The predicted octanol–water partition coefficient (Wildman–Crippen LogP) is 5.62. The van der Waals surface area contributed by atoms with Gasteiger partial charge in [-0.2, -0.15) is 0 Å². The molecular formula is C24H30BrN3O. The first-order chi connectivity index (χ1) is 13.9. The van der Waals surface area contributed by atoms with Crippen LogP contribution in [0.1, 0.15) is 41.6 Å². The summed E-state index contributed by atoms with van der Waals surface area (Å²) in [6.45, 7) is 11.0. The SMILES string of the molecule is Cc1cc(N2CCCC(CCO)C2)c2c(C)cn(-c3c(C)cc(Br)cc3C)c2n1. The van der Waals surface area contributed by atoms with Gasteiger partial charge in [0.15, 0.2) is 0 Å². The van der Waals surface area contributed by atoms with Gasteiger partial charge in [0.2, 0.25) is 0 Å². The number of fused-ring (bicyclic) bond motifs is 1. The van der Waals surface area contributed by atoms with E-state index in [-0.39, 0.29) is 6.61 Å². The number of pyridine rings is 1. The second-order valence-corrected chi connectivity index (χ2v) is 9.43. The fourth-order valence-electron chi connectivity index (χ4n) is 4.92. The molecule has 5 heteroatoms. The Morgan fingerprint density at radius 3 is 2.52 bits per heavy atom. The number of halogens is 1. The van der Waals surface area contributed by atoms with Gasteiger partial charge in [0.25, 0.3) is 0 Å². The van der Waals surface area contributed by atoms with E-state index in [4.69, 9.17) is 4.98 Å². The van der Waals surface area contributed by atoms with E-state index in [9.17, 15) is 5.11 Å². The lowest BCUT2D eigenvalue weighted by atomic mass is 9.94. The zero-order chi connectivity index (χ0) is 20.7. The summed E-state index contributed by atoms with van der Waals surface area (Å²) in [4.78, 5) is 7.49. The molecule has 1 aliphatic rings. The van der Waals surface area contributed by atoms with Crippen LogP contribution < -0.4 is 4.90 Å². The molecule has 0 spiro atoms. The molecule has 0 saturated carbocycles. The zero-order valence-corrected chi connectivity index (χ0v) is 19.4. The standard InChI is InChI=1S/C24H30BrN3O/c1-15-10-20(25)11-16(2)23(15)28-13-17(3)22-21(12-18(4)26-24(22)28)27-8-5-6-19(14-27)7-9-29/h10-13,19,29H,5-9,14H2,1-4H3. The number of nitrogens with zero attached hydrogens (tertiary/aromatic N) is 3. The summed E-state index contributed by atoms with van der Waals surface area (Å²) in [5.74, 6) is 0.565. The second kappa shape index (κ2) is 8.11. The Morgan fingerprint density at radius 2 is 1.83 bits per heavy atom. The molecule has 1 aliphatic heterocycles. The van der Waals surface area contributed by atoms with Gasteiger partial charge in [-0.1, -0.05) is 15.9 Å². The number of piperidine rings is 1. The second-order valence-electron chi connectivity index (χ2n) is 8.52. The third kappa shape index (κ3) is 3.82. The Balaban J connectivity index is 1.88. The van der Waals surface area contributed by atoms with Crippen LogP contribution in [-0.2, 0) is 0 Å². The molecular weight excluding hydrogens is 426 g/mol. The lowest BCUT2D eigenvalue weighted by Gasteiger charge is -2.35. The number of aliphatic hydroxyl groups excluding tert-OH is 1. The van der Waals surface area contributed by atoms with Crippen LogP contribution in [0.25, 0.3) is 16.7 Å². The number of aromatic nitrogens is 2. The van der Waals surface area contributed by atoms with E-state index < -0.39 is 0 Å². The molecule has 0 bridgehead atoms. The highest BCUT2D eigenvalue weighted by atomic mass is 79.9. The average Bonchev–Trinajstić information content (AvgIpc) is 2.97. The highest BCUT2D eigenvalue weighted by Crippen LogP contribution is 2.36. The third-order valence-electron chi connectivity index (χ3n) is 6.15. The Kier molecular flexibility index (Phi) is 5.71. The molecule has 1 unspecified atom stereocenters. The molecule has 1 N–H and O–H groups in total. The Labute approximate surface area is 181 Å². The van der Waals surface area contributed by atoms with Crippen molar-refractivity contribution in [3.8, 4) is 5.69 Å². The minimum atomic E-state index is 0.279. The van der Waals surface area contributed by atoms with Gasteiger partial charge in [-0.05, 0) is 87.8 Å². The lowest BCUT2D eigenvalue weighted by molar-refractivity contribution is 0.244. The van der Waals surface area contributed by atoms with Gasteiger partial charge >= 0.3 is 0 Å². The third-order valence-corrected chi connectivity index (χ3v) is 6.60.